The lowest BCUT2D eigenvalue weighted by molar-refractivity contribution is 0.0684. The molecule has 0 saturated heterocycles. The number of aryl methyl sites for hydroxylation is 1. The summed E-state index contributed by atoms with van der Waals surface area (Å²) in [5, 5.41) is 15.3. The van der Waals surface area contributed by atoms with Gasteiger partial charge in [0.2, 0.25) is 5.82 Å². The second-order valence-corrected chi connectivity index (χ2v) is 1.78. The second kappa shape index (κ2) is 2.47. The number of H-pyrrole nitrogens is 1. The first-order valence-electron chi connectivity index (χ1n) is 2.89. The Morgan fingerprint density at radius 1 is 1.70 bits per heavy atom. The van der Waals surface area contributed by atoms with Gasteiger partial charge in [-0.25, -0.2) is 4.79 Å². The number of carbonyl (C=O) groups is 1. The van der Waals surface area contributed by atoms with Gasteiger partial charge in [-0.3, -0.25) is 0 Å². The molecule has 2 N–H and O–H groups in total. The molecule has 0 aromatic carbocycles. The normalized spacial score (nSPS) is 9.70. The lowest BCUT2D eigenvalue weighted by atomic mass is 10.5. The fraction of sp³-hybridized carbons (Fsp3) is 0.400. The number of aromatic carboxylic acids is 1. The average molecular weight is 141 g/mol. The number of nitrogens with zero attached hydrogens (tertiary/aromatic N) is 2. The molecule has 0 aliphatic heterocycles. The predicted molar refractivity (Wildman–Crippen MR) is 32.7 cm³/mol. The van der Waals surface area contributed by atoms with Crippen LogP contribution in [-0.2, 0) is 6.42 Å². The number of hydrogen-bond donors (Lipinski definition) is 2. The second-order valence-electron chi connectivity index (χ2n) is 1.78. The van der Waals surface area contributed by atoms with Crippen molar-refractivity contribution in [1.82, 2.24) is 15.2 Å². The van der Waals surface area contributed by atoms with Crippen LogP contribution in [0.4, 0.5) is 0 Å². The van der Waals surface area contributed by atoms with Crippen molar-refractivity contribution in [3.05, 3.63) is 11.6 Å². The Labute approximate surface area is 57.1 Å². The molecule has 0 fully saturated rings. The zero-order chi connectivity index (χ0) is 7.56. The standard InChI is InChI=1S/C5H7N3O2/c1-2-3-6-4(5(9)10)8-7-3/h2H2,1H3,(H,9,10)(H,6,7,8). The molecule has 5 heteroatoms. The molecule has 1 aromatic rings. The van der Waals surface area contributed by atoms with Crippen molar-refractivity contribution in [3.63, 3.8) is 0 Å². The first kappa shape index (κ1) is 6.73. The fourth-order valence-electron chi connectivity index (χ4n) is 0.552. The van der Waals surface area contributed by atoms with Gasteiger partial charge in [0.05, 0.1) is 0 Å². The summed E-state index contributed by atoms with van der Waals surface area (Å²) in [5.74, 6) is -0.582. The fourth-order valence-corrected chi connectivity index (χ4v) is 0.552. The van der Waals surface area contributed by atoms with E-state index < -0.39 is 5.97 Å². The number of carboxylic acid groups (broad SMARTS) is 1. The summed E-state index contributed by atoms with van der Waals surface area (Å²) in [7, 11) is 0. The molecule has 0 aliphatic rings. The smallest absolute Gasteiger partial charge is 0.373 e. The van der Waals surface area contributed by atoms with Crippen LogP contribution in [0.25, 0.3) is 0 Å². The summed E-state index contributed by atoms with van der Waals surface area (Å²) in [4.78, 5) is 12.7. The van der Waals surface area contributed by atoms with E-state index in [1.54, 1.807) is 0 Å². The van der Waals surface area contributed by atoms with Crippen molar-refractivity contribution >= 4 is 5.97 Å². The summed E-state index contributed by atoms with van der Waals surface area (Å²) in [6, 6.07) is 0. The molecule has 0 aliphatic carbocycles. The summed E-state index contributed by atoms with van der Waals surface area (Å²) in [5.41, 5.74) is 0. The summed E-state index contributed by atoms with van der Waals surface area (Å²) in [6.45, 7) is 1.87. The molecule has 0 radical (unpaired) electrons. The van der Waals surface area contributed by atoms with Crippen molar-refractivity contribution < 1.29 is 9.90 Å². The third-order valence-corrected chi connectivity index (χ3v) is 1.07. The Bertz CT molecular complexity index is 243. The Hall–Kier alpha value is -1.39. The molecular formula is C5H7N3O2. The molecule has 0 atom stereocenters. The molecule has 10 heavy (non-hydrogen) atoms. The van der Waals surface area contributed by atoms with Crippen LogP contribution in [-0.4, -0.2) is 26.3 Å². The van der Waals surface area contributed by atoms with Gasteiger partial charge in [-0.2, -0.15) is 0 Å². The highest BCUT2D eigenvalue weighted by atomic mass is 16.4. The van der Waals surface area contributed by atoms with Gasteiger partial charge < -0.3 is 10.1 Å². The summed E-state index contributed by atoms with van der Waals surface area (Å²) in [6.07, 6.45) is 0.667. The van der Waals surface area contributed by atoms with Crippen molar-refractivity contribution in [3.8, 4) is 0 Å². The number of aromatic nitrogens is 3. The molecule has 5 nitrogen and oxygen atoms in total. The predicted octanol–water partition coefficient (Wildman–Crippen LogP) is 0.0653. The number of rotatable bonds is 2. The molecular weight excluding hydrogens is 134 g/mol. The largest absolute Gasteiger partial charge is 0.475 e. The van der Waals surface area contributed by atoms with Crippen molar-refractivity contribution in [2.45, 2.75) is 13.3 Å². The third-order valence-electron chi connectivity index (χ3n) is 1.07. The maximum Gasteiger partial charge on any atom is 0.373 e. The van der Waals surface area contributed by atoms with E-state index in [-0.39, 0.29) is 5.82 Å². The molecule has 0 saturated carbocycles. The van der Waals surface area contributed by atoms with E-state index in [0.717, 1.165) is 0 Å². The Balaban J connectivity index is 2.88. The van der Waals surface area contributed by atoms with E-state index in [1.807, 2.05) is 6.92 Å². The minimum atomic E-state index is -1.08. The van der Waals surface area contributed by atoms with Crippen molar-refractivity contribution in [2.24, 2.45) is 0 Å². The monoisotopic (exact) mass is 141 g/mol. The summed E-state index contributed by atoms with van der Waals surface area (Å²) < 4.78 is 0. The van der Waals surface area contributed by atoms with Gasteiger partial charge in [0.15, 0.2) is 0 Å². The molecule has 1 aromatic heterocycles. The lowest BCUT2D eigenvalue weighted by Gasteiger charge is -1.82. The van der Waals surface area contributed by atoms with E-state index in [0.29, 0.717) is 12.2 Å². The first-order chi connectivity index (χ1) is 4.74. The molecule has 1 heterocycles. The van der Waals surface area contributed by atoms with Gasteiger partial charge in [0, 0.05) is 6.42 Å². The lowest BCUT2D eigenvalue weighted by Crippen LogP contribution is -1.98. The summed E-state index contributed by atoms with van der Waals surface area (Å²) >= 11 is 0. The highest BCUT2D eigenvalue weighted by molar-refractivity contribution is 5.82. The number of hydrogen-bond acceptors (Lipinski definition) is 3. The van der Waals surface area contributed by atoms with Crippen LogP contribution in [0, 0.1) is 0 Å². The van der Waals surface area contributed by atoms with Crippen LogP contribution < -0.4 is 0 Å². The van der Waals surface area contributed by atoms with Crippen LogP contribution >= 0.6 is 0 Å². The molecule has 54 valence electrons. The number of aromatic amines is 1. The van der Waals surface area contributed by atoms with E-state index in [2.05, 4.69) is 15.2 Å². The third kappa shape index (κ3) is 1.12. The van der Waals surface area contributed by atoms with Crippen LogP contribution in [0.1, 0.15) is 23.4 Å². The Morgan fingerprint density at radius 3 is 2.70 bits per heavy atom. The number of carboxylic acids is 1. The van der Waals surface area contributed by atoms with Gasteiger partial charge in [-0.1, -0.05) is 6.92 Å². The van der Waals surface area contributed by atoms with Crippen LogP contribution in [0.3, 0.4) is 0 Å². The van der Waals surface area contributed by atoms with E-state index in [1.165, 1.54) is 0 Å². The highest BCUT2D eigenvalue weighted by Gasteiger charge is 2.06. The maximum absolute atomic E-state index is 10.2. The Kier molecular flexibility index (Phi) is 1.66. The van der Waals surface area contributed by atoms with Crippen molar-refractivity contribution in [2.75, 3.05) is 0 Å². The van der Waals surface area contributed by atoms with Gasteiger partial charge in [0.1, 0.15) is 5.82 Å². The Morgan fingerprint density at radius 2 is 2.40 bits per heavy atom. The first-order valence-corrected chi connectivity index (χ1v) is 2.89. The van der Waals surface area contributed by atoms with Gasteiger partial charge in [-0.05, 0) is 0 Å². The molecule has 0 unspecified atom stereocenters. The molecule has 0 spiro atoms. The van der Waals surface area contributed by atoms with E-state index in [4.69, 9.17) is 5.11 Å². The number of nitrogens with one attached hydrogen (secondary N) is 1. The average Bonchev–Trinajstić information content (AvgIpc) is 2.34. The van der Waals surface area contributed by atoms with Crippen molar-refractivity contribution in [1.29, 1.82) is 0 Å². The maximum atomic E-state index is 10.2. The van der Waals surface area contributed by atoms with Crippen LogP contribution in [0.5, 0.6) is 0 Å². The minimum absolute atomic E-state index is 0.100. The zero-order valence-corrected chi connectivity index (χ0v) is 5.46. The topological polar surface area (TPSA) is 78.9 Å². The minimum Gasteiger partial charge on any atom is -0.475 e. The van der Waals surface area contributed by atoms with E-state index >= 15 is 0 Å². The van der Waals surface area contributed by atoms with E-state index in [9.17, 15) is 4.79 Å². The van der Waals surface area contributed by atoms with Crippen LogP contribution in [0.15, 0.2) is 0 Å². The van der Waals surface area contributed by atoms with Gasteiger partial charge >= 0.3 is 5.97 Å². The highest BCUT2D eigenvalue weighted by Crippen LogP contribution is 1.91. The zero-order valence-electron chi connectivity index (χ0n) is 5.46. The van der Waals surface area contributed by atoms with Crippen LogP contribution in [0.2, 0.25) is 0 Å². The van der Waals surface area contributed by atoms with Gasteiger partial charge in [-0.15, -0.1) is 10.2 Å². The molecule has 0 amide bonds. The SMILES string of the molecule is CCc1nnc(C(=O)O)[nH]1. The quantitative estimate of drug-likeness (QED) is 0.610. The molecule has 0 bridgehead atoms. The molecule has 1 rings (SSSR count). The van der Waals surface area contributed by atoms with Gasteiger partial charge in [0.25, 0.3) is 0 Å².